The molecule has 2 rings (SSSR count). The second-order valence-electron chi connectivity index (χ2n) is 3.16. The molecule has 0 aliphatic heterocycles. The summed E-state index contributed by atoms with van der Waals surface area (Å²) < 4.78 is 0. The highest BCUT2D eigenvalue weighted by atomic mass is 35.5. The van der Waals surface area contributed by atoms with Crippen LogP contribution in [0.2, 0.25) is 5.02 Å². The van der Waals surface area contributed by atoms with E-state index >= 15 is 0 Å². The Labute approximate surface area is 97.3 Å². The molecule has 1 heterocycles. The van der Waals surface area contributed by atoms with E-state index in [-0.39, 0.29) is 0 Å². The molecule has 0 spiro atoms. The number of rotatable bonds is 3. The van der Waals surface area contributed by atoms with Gasteiger partial charge < -0.3 is 0 Å². The third-order valence-electron chi connectivity index (χ3n) is 2.03. The van der Waals surface area contributed by atoms with Gasteiger partial charge in [0, 0.05) is 6.07 Å². The second-order valence-corrected chi connectivity index (χ2v) is 3.56. The number of para-hydroxylation sites is 1. The third-order valence-corrected chi connectivity index (χ3v) is 2.36. The summed E-state index contributed by atoms with van der Waals surface area (Å²) >= 11 is 5.99. The molecule has 0 bridgehead atoms. The zero-order valence-electron chi connectivity index (χ0n) is 8.27. The quantitative estimate of drug-likeness (QED) is 0.829. The van der Waals surface area contributed by atoms with Crippen LogP contribution in [0.1, 0.15) is 0 Å². The normalized spacial score (nSPS) is 9.81. The molecule has 16 heavy (non-hydrogen) atoms. The smallest absolute Gasteiger partial charge is 0.247 e. The lowest BCUT2D eigenvalue weighted by molar-refractivity contribution is -0.360. The summed E-state index contributed by atoms with van der Waals surface area (Å²) in [6.45, 7) is 0. The van der Waals surface area contributed by atoms with E-state index in [2.05, 4.69) is 15.5 Å². The molecule has 0 atom stereocenters. The Bertz CT molecular complexity index is 516. The van der Waals surface area contributed by atoms with Gasteiger partial charge in [-0.1, -0.05) is 23.7 Å². The molecule has 0 aliphatic rings. The van der Waals surface area contributed by atoms with Crippen LogP contribution < -0.4 is 10.3 Å². The molecule has 0 unspecified atom stereocenters. The molecule has 2 N–H and O–H groups in total. The third kappa shape index (κ3) is 2.35. The SMILES string of the molecule is O=Nc1cc[nH+]c(Nc2ccccc2Cl)c1. The minimum absolute atomic E-state index is 0.355. The summed E-state index contributed by atoms with van der Waals surface area (Å²) in [5.41, 5.74) is 1.12. The number of benzene rings is 1. The minimum Gasteiger partial charge on any atom is -0.247 e. The summed E-state index contributed by atoms with van der Waals surface area (Å²) in [4.78, 5) is 13.3. The molecule has 1 aromatic carbocycles. The molecule has 2 aromatic rings. The van der Waals surface area contributed by atoms with Crippen LogP contribution in [-0.2, 0) is 0 Å². The fourth-order valence-corrected chi connectivity index (χ4v) is 1.47. The maximum atomic E-state index is 10.4. The van der Waals surface area contributed by atoms with Gasteiger partial charge in [0.25, 0.3) is 5.82 Å². The van der Waals surface area contributed by atoms with Crippen LogP contribution in [-0.4, -0.2) is 0 Å². The van der Waals surface area contributed by atoms with Crippen molar-refractivity contribution in [1.82, 2.24) is 0 Å². The van der Waals surface area contributed by atoms with Crippen LogP contribution in [0, 0.1) is 4.91 Å². The molecule has 4 nitrogen and oxygen atoms in total. The molecule has 5 heteroatoms. The second kappa shape index (κ2) is 4.72. The number of nitrogens with zero attached hydrogens (tertiary/aromatic N) is 1. The van der Waals surface area contributed by atoms with Gasteiger partial charge in [-0.2, -0.15) is 0 Å². The Balaban J connectivity index is 2.27. The van der Waals surface area contributed by atoms with Crippen molar-refractivity contribution in [3.05, 3.63) is 52.5 Å². The minimum atomic E-state index is 0.355. The number of pyridine rings is 1. The highest BCUT2D eigenvalue weighted by Crippen LogP contribution is 2.24. The number of halogens is 1. The van der Waals surface area contributed by atoms with E-state index < -0.39 is 0 Å². The van der Waals surface area contributed by atoms with E-state index in [4.69, 9.17) is 11.6 Å². The lowest BCUT2D eigenvalue weighted by Crippen LogP contribution is -2.08. The number of hydrogen-bond acceptors (Lipinski definition) is 3. The predicted molar refractivity (Wildman–Crippen MR) is 63.2 cm³/mol. The van der Waals surface area contributed by atoms with Gasteiger partial charge in [0.05, 0.1) is 17.3 Å². The van der Waals surface area contributed by atoms with E-state index in [0.717, 1.165) is 5.69 Å². The zero-order chi connectivity index (χ0) is 11.4. The first-order valence-electron chi connectivity index (χ1n) is 4.66. The monoisotopic (exact) mass is 234 g/mol. The molecule has 0 amide bonds. The maximum absolute atomic E-state index is 10.4. The molecule has 1 aromatic heterocycles. The molecule has 0 saturated carbocycles. The van der Waals surface area contributed by atoms with Crippen LogP contribution in [0.3, 0.4) is 0 Å². The van der Waals surface area contributed by atoms with Crippen molar-refractivity contribution in [2.75, 3.05) is 5.32 Å². The number of aromatic amines is 1. The summed E-state index contributed by atoms with van der Waals surface area (Å²) in [5, 5.41) is 6.52. The highest BCUT2D eigenvalue weighted by molar-refractivity contribution is 6.33. The van der Waals surface area contributed by atoms with E-state index in [9.17, 15) is 4.91 Å². The van der Waals surface area contributed by atoms with Crippen LogP contribution >= 0.6 is 11.6 Å². The summed E-state index contributed by atoms with van der Waals surface area (Å²) in [5.74, 6) is 0.658. The van der Waals surface area contributed by atoms with Gasteiger partial charge >= 0.3 is 0 Å². The topological polar surface area (TPSA) is 55.6 Å². The van der Waals surface area contributed by atoms with Gasteiger partial charge in [0.2, 0.25) is 0 Å². The molecule has 0 radical (unpaired) electrons. The number of anilines is 2. The van der Waals surface area contributed by atoms with E-state index in [1.807, 2.05) is 18.2 Å². The summed E-state index contributed by atoms with van der Waals surface area (Å²) in [6.07, 6.45) is 1.63. The fraction of sp³-hybridized carbons (Fsp3) is 0. The lowest BCUT2D eigenvalue weighted by atomic mass is 10.3. The number of nitrogens with one attached hydrogen (secondary N) is 2. The number of aromatic nitrogens is 1. The zero-order valence-corrected chi connectivity index (χ0v) is 9.03. The van der Waals surface area contributed by atoms with Crippen molar-refractivity contribution in [3.8, 4) is 0 Å². The van der Waals surface area contributed by atoms with Crippen LogP contribution in [0.25, 0.3) is 0 Å². The molecule has 0 fully saturated rings. The van der Waals surface area contributed by atoms with Crippen molar-refractivity contribution in [1.29, 1.82) is 0 Å². The Morgan fingerprint density at radius 1 is 1.25 bits per heavy atom. The average molecular weight is 235 g/mol. The van der Waals surface area contributed by atoms with E-state index in [1.165, 1.54) is 0 Å². The highest BCUT2D eigenvalue weighted by Gasteiger charge is 2.07. The van der Waals surface area contributed by atoms with Crippen molar-refractivity contribution in [2.24, 2.45) is 5.18 Å². The van der Waals surface area contributed by atoms with Crippen LogP contribution in [0.5, 0.6) is 0 Å². The first-order valence-corrected chi connectivity index (χ1v) is 5.04. The van der Waals surface area contributed by atoms with Crippen LogP contribution in [0.4, 0.5) is 17.2 Å². The molecule has 0 saturated heterocycles. The van der Waals surface area contributed by atoms with E-state index in [0.29, 0.717) is 16.5 Å². The van der Waals surface area contributed by atoms with Crippen molar-refractivity contribution < 1.29 is 4.98 Å². The van der Waals surface area contributed by atoms with Gasteiger partial charge in [0.1, 0.15) is 11.4 Å². The van der Waals surface area contributed by atoms with Gasteiger partial charge in [-0.25, -0.2) is 10.3 Å². The van der Waals surface area contributed by atoms with Gasteiger partial charge in [0.15, 0.2) is 0 Å². The Hall–Kier alpha value is -1.94. The molecule has 80 valence electrons. The Morgan fingerprint density at radius 2 is 2.06 bits per heavy atom. The van der Waals surface area contributed by atoms with Crippen molar-refractivity contribution >= 4 is 28.8 Å². The molecular weight excluding hydrogens is 226 g/mol. The standard InChI is InChI=1S/C11H8ClN3O/c12-9-3-1-2-4-10(9)14-11-7-8(15-16)5-6-13-11/h1-7H,(H,13,14)/p+1. The fourth-order valence-electron chi connectivity index (χ4n) is 1.29. The van der Waals surface area contributed by atoms with E-state index in [1.54, 1.807) is 24.4 Å². The largest absolute Gasteiger partial charge is 0.279 e. The maximum Gasteiger partial charge on any atom is 0.279 e. The first kappa shape index (κ1) is 10.6. The average Bonchev–Trinajstić information content (AvgIpc) is 2.32. The summed E-state index contributed by atoms with van der Waals surface area (Å²) in [7, 11) is 0. The molecule has 0 aliphatic carbocycles. The van der Waals surface area contributed by atoms with Crippen molar-refractivity contribution in [3.63, 3.8) is 0 Å². The summed E-state index contributed by atoms with van der Waals surface area (Å²) in [6, 6.07) is 10.5. The lowest BCUT2D eigenvalue weighted by Gasteiger charge is -2.00. The van der Waals surface area contributed by atoms with Gasteiger partial charge in [-0.15, -0.1) is 4.91 Å². The number of nitroso groups, excluding NO2 is 1. The van der Waals surface area contributed by atoms with Gasteiger partial charge in [-0.3, -0.25) is 0 Å². The van der Waals surface area contributed by atoms with Crippen molar-refractivity contribution in [2.45, 2.75) is 0 Å². The Morgan fingerprint density at radius 3 is 2.81 bits per heavy atom. The number of H-pyrrole nitrogens is 1. The van der Waals surface area contributed by atoms with Gasteiger partial charge in [-0.05, 0) is 17.3 Å². The first-order chi connectivity index (χ1) is 7.79. The molecular formula is C11H9ClN3O+. The predicted octanol–water partition coefficient (Wildman–Crippen LogP) is 3.30. The Kier molecular flexibility index (Phi) is 3.12. The number of hydrogen-bond donors (Lipinski definition) is 1. The van der Waals surface area contributed by atoms with Crippen LogP contribution in [0.15, 0.2) is 47.8 Å².